The molecule has 1 atom stereocenters. The first-order valence-corrected chi connectivity index (χ1v) is 11.5. The maximum atomic E-state index is 13.2. The lowest BCUT2D eigenvalue weighted by molar-refractivity contribution is -0.123. The number of anilines is 1. The van der Waals surface area contributed by atoms with Crippen molar-refractivity contribution in [2.75, 3.05) is 11.9 Å². The Morgan fingerprint density at radius 2 is 1.89 bits per heavy atom. The number of ether oxygens (including phenoxy) is 1. The van der Waals surface area contributed by atoms with Crippen LogP contribution in [-0.4, -0.2) is 46.1 Å². The Hall–Kier alpha value is -3.12. The van der Waals surface area contributed by atoms with Gasteiger partial charge in [-0.05, 0) is 64.2 Å². The van der Waals surface area contributed by atoms with Crippen molar-refractivity contribution in [1.82, 2.24) is 20.4 Å². The highest BCUT2D eigenvalue weighted by molar-refractivity contribution is 5.96. The number of hydrogen-bond donors (Lipinski definition) is 4. The van der Waals surface area contributed by atoms with Gasteiger partial charge in [-0.3, -0.25) is 9.48 Å². The number of carbonyl (C=O) groups is 2. The molecule has 0 bridgehead atoms. The number of halogens is 3. The van der Waals surface area contributed by atoms with Crippen LogP contribution in [0, 0.1) is 23.3 Å². The molecule has 0 radical (unpaired) electrons. The summed E-state index contributed by atoms with van der Waals surface area (Å²) < 4.78 is 43.6. The van der Waals surface area contributed by atoms with Gasteiger partial charge in [-0.25, -0.2) is 10.3 Å². The summed E-state index contributed by atoms with van der Waals surface area (Å²) in [7, 11) is 0. The minimum atomic E-state index is -4.39. The second-order valence-corrected chi connectivity index (χ2v) is 10.0. The third kappa shape index (κ3) is 8.87. The van der Waals surface area contributed by atoms with E-state index in [1.165, 1.54) is 17.1 Å². The molecule has 2 aliphatic carbocycles. The number of amides is 2. The lowest BCUT2D eigenvalue weighted by atomic mass is 9.89. The van der Waals surface area contributed by atoms with Gasteiger partial charge in [0.05, 0.1) is 24.1 Å². The Labute approximate surface area is 201 Å². The molecule has 2 aliphatic rings. The van der Waals surface area contributed by atoms with Crippen molar-refractivity contribution >= 4 is 17.7 Å². The zero-order valence-electron chi connectivity index (χ0n) is 20.0. The standard InChI is InChI=1S/C22H32F3N7O3/c1-21(2,3)35-20(34)30-18(17(13-4-5-13)14-6-7-14)19(33)29-15-9-28-32(10-15)11-16(31-26)8-27-12-22(23,24)25/h8-10,13-14,17-18,26-27H,4-7,11-12H2,1-3H3,(H,29,33)(H,30,34)/b16-8-,31-26?/t18-/m0/s1. The van der Waals surface area contributed by atoms with Crippen molar-refractivity contribution in [2.45, 2.75) is 70.8 Å². The number of aromatic nitrogens is 2. The molecule has 1 heterocycles. The average Bonchev–Trinajstić information content (AvgIpc) is 3.65. The minimum Gasteiger partial charge on any atom is -0.444 e. The van der Waals surface area contributed by atoms with Gasteiger partial charge in [-0.1, -0.05) is 0 Å². The van der Waals surface area contributed by atoms with Crippen LogP contribution in [0.3, 0.4) is 0 Å². The molecule has 13 heteroatoms. The molecule has 35 heavy (non-hydrogen) atoms. The Morgan fingerprint density at radius 3 is 2.40 bits per heavy atom. The number of alkyl halides is 3. The molecule has 4 N–H and O–H groups in total. The number of allylic oxidation sites excluding steroid dienone is 1. The van der Waals surface area contributed by atoms with E-state index in [0.717, 1.165) is 31.9 Å². The fourth-order valence-corrected chi connectivity index (χ4v) is 3.96. The number of nitrogens with zero attached hydrogens (tertiary/aromatic N) is 3. The van der Waals surface area contributed by atoms with Crippen LogP contribution in [-0.2, 0) is 16.1 Å². The fourth-order valence-electron chi connectivity index (χ4n) is 3.96. The highest BCUT2D eigenvalue weighted by Gasteiger charge is 2.48. The van der Waals surface area contributed by atoms with E-state index in [1.807, 2.05) is 0 Å². The van der Waals surface area contributed by atoms with Gasteiger partial charge in [0.25, 0.3) is 0 Å². The van der Waals surface area contributed by atoms with Crippen molar-refractivity contribution in [3.05, 3.63) is 24.3 Å². The monoisotopic (exact) mass is 499 g/mol. The number of alkyl carbamates (subject to hydrolysis) is 1. The smallest absolute Gasteiger partial charge is 0.408 e. The van der Waals surface area contributed by atoms with E-state index >= 15 is 0 Å². The quantitative estimate of drug-likeness (QED) is 0.339. The van der Waals surface area contributed by atoms with Crippen molar-refractivity contribution in [3.8, 4) is 0 Å². The first-order valence-electron chi connectivity index (χ1n) is 11.5. The van der Waals surface area contributed by atoms with Gasteiger partial charge >= 0.3 is 12.3 Å². The van der Waals surface area contributed by atoms with Crippen LogP contribution in [0.15, 0.2) is 29.4 Å². The molecule has 2 saturated carbocycles. The molecule has 1 aromatic rings. The summed E-state index contributed by atoms with van der Waals surface area (Å²) in [6.45, 7) is 3.93. The van der Waals surface area contributed by atoms with Crippen LogP contribution >= 0.6 is 0 Å². The van der Waals surface area contributed by atoms with Crippen molar-refractivity contribution in [1.29, 1.82) is 5.53 Å². The van der Waals surface area contributed by atoms with Crippen LogP contribution in [0.4, 0.5) is 23.7 Å². The van der Waals surface area contributed by atoms with E-state index in [9.17, 15) is 22.8 Å². The van der Waals surface area contributed by atoms with Crippen LogP contribution in [0.2, 0.25) is 0 Å². The van der Waals surface area contributed by atoms with Gasteiger partial charge in [0.15, 0.2) is 0 Å². The maximum absolute atomic E-state index is 13.2. The Balaban J connectivity index is 1.65. The predicted molar refractivity (Wildman–Crippen MR) is 120 cm³/mol. The zero-order valence-corrected chi connectivity index (χ0v) is 20.0. The number of nitrogens with one attached hydrogen (secondary N) is 4. The van der Waals surface area contributed by atoms with E-state index in [1.54, 1.807) is 20.8 Å². The first-order chi connectivity index (χ1) is 16.3. The van der Waals surface area contributed by atoms with Crippen LogP contribution in [0.5, 0.6) is 0 Å². The Bertz CT molecular complexity index is 935. The average molecular weight is 500 g/mol. The van der Waals surface area contributed by atoms with Gasteiger partial charge in [0, 0.05) is 12.4 Å². The molecule has 2 fully saturated rings. The first kappa shape index (κ1) is 26.5. The van der Waals surface area contributed by atoms with E-state index in [2.05, 4.69) is 26.2 Å². The molecular formula is C22H32F3N7O3. The van der Waals surface area contributed by atoms with Gasteiger partial charge in [-0.15, -0.1) is 0 Å². The fraction of sp³-hybridized carbons (Fsp3) is 0.682. The lowest BCUT2D eigenvalue weighted by Crippen LogP contribution is -2.51. The van der Waals surface area contributed by atoms with Gasteiger partial charge in [-0.2, -0.15) is 23.4 Å². The van der Waals surface area contributed by atoms with Gasteiger partial charge < -0.3 is 20.7 Å². The normalized spacial score (nSPS) is 17.6. The van der Waals surface area contributed by atoms with Crippen molar-refractivity contribution in [2.24, 2.45) is 22.9 Å². The summed E-state index contributed by atoms with van der Waals surface area (Å²) in [6, 6.07) is -0.765. The summed E-state index contributed by atoms with van der Waals surface area (Å²) >= 11 is 0. The third-order valence-electron chi connectivity index (χ3n) is 5.61. The molecule has 194 valence electrons. The van der Waals surface area contributed by atoms with E-state index in [-0.39, 0.29) is 24.1 Å². The molecule has 0 unspecified atom stereocenters. The topological polar surface area (TPSA) is 133 Å². The lowest BCUT2D eigenvalue weighted by Gasteiger charge is -2.28. The highest BCUT2D eigenvalue weighted by atomic mass is 19.4. The zero-order chi connectivity index (χ0) is 25.8. The molecule has 10 nitrogen and oxygen atoms in total. The summed E-state index contributed by atoms with van der Waals surface area (Å²) in [5.74, 6) is 0.402. The van der Waals surface area contributed by atoms with E-state index in [4.69, 9.17) is 10.3 Å². The van der Waals surface area contributed by atoms with Crippen molar-refractivity contribution < 1.29 is 27.5 Å². The molecule has 0 aliphatic heterocycles. The third-order valence-corrected chi connectivity index (χ3v) is 5.61. The predicted octanol–water partition coefficient (Wildman–Crippen LogP) is 4.18. The number of hydrogen-bond acceptors (Lipinski definition) is 7. The van der Waals surface area contributed by atoms with Gasteiger partial charge in [0.1, 0.15) is 18.2 Å². The summed E-state index contributed by atoms with van der Waals surface area (Å²) in [4.78, 5) is 25.7. The largest absolute Gasteiger partial charge is 0.444 e. The second-order valence-electron chi connectivity index (χ2n) is 10.0. The van der Waals surface area contributed by atoms with E-state index < -0.39 is 30.5 Å². The molecule has 3 rings (SSSR count). The SMILES string of the molecule is CC(C)(C)OC(=O)N[C@H](C(=O)Nc1cnn(C/C(=C/NCC(F)(F)F)N=N)c1)C(C1CC1)C1CC1. The van der Waals surface area contributed by atoms with E-state index in [0.29, 0.717) is 17.5 Å². The van der Waals surface area contributed by atoms with Crippen molar-refractivity contribution in [3.63, 3.8) is 0 Å². The molecule has 0 aromatic carbocycles. The minimum absolute atomic E-state index is 0.0160. The Kier molecular flexibility index (Phi) is 8.06. The highest BCUT2D eigenvalue weighted by Crippen LogP contribution is 2.50. The molecular weight excluding hydrogens is 467 g/mol. The van der Waals surface area contributed by atoms with Crippen LogP contribution < -0.4 is 16.0 Å². The summed E-state index contributed by atoms with van der Waals surface area (Å²) in [6.07, 6.45) is 2.90. The molecule has 0 saturated heterocycles. The molecule has 0 spiro atoms. The summed E-state index contributed by atoms with van der Waals surface area (Å²) in [5, 5.41) is 14.9. The number of carbonyl (C=O) groups excluding carboxylic acids is 2. The second kappa shape index (κ2) is 10.6. The molecule has 1 aromatic heterocycles. The maximum Gasteiger partial charge on any atom is 0.408 e. The number of rotatable bonds is 11. The summed E-state index contributed by atoms with van der Waals surface area (Å²) in [5.41, 5.74) is 6.82. The Morgan fingerprint density at radius 1 is 1.26 bits per heavy atom. The van der Waals surface area contributed by atoms with Crippen LogP contribution in [0.25, 0.3) is 0 Å². The van der Waals surface area contributed by atoms with Crippen LogP contribution in [0.1, 0.15) is 46.5 Å². The molecule has 2 amide bonds. The van der Waals surface area contributed by atoms with Gasteiger partial charge in [0.2, 0.25) is 5.91 Å².